The van der Waals surface area contributed by atoms with Crippen LogP contribution in [0, 0.1) is 11.8 Å². The van der Waals surface area contributed by atoms with Crippen molar-refractivity contribution in [2.45, 2.75) is 6.92 Å². The summed E-state index contributed by atoms with van der Waals surface area (Å²) in [6.45, 7) is 1.35. The number of hydrogen-bond acceptors (Lipinski definition) is 4. The highest BCUT2D eigenvalue weighted by Crippen LogP contribution is 2.25. The van der Waals surface area contributed by atoms with Gasteiger partial charge >= 0.3 is 0 Å². The van der Waals surface area contributed by atoms with E-state index in [9.17, 15) is 20.1 Å². The van der Waals surface area contributed by atoms with Gasteiger partial charge in [0, 0.05) is 18.1 Å². The van der Waals surface area contributed by atoms with Crippen molar-refractivity contribution in [1.29, 1.82) is 0 Å². The van der Waals surface area contributed by atoms with Crippen LogP contribution in [0.2, 0.25) is 0 Å². The molecule has 0 saturated heterocycles. The number of phenolic OH excluding ortho intramolecular Hbond substituents is 3. The number of amides is 1. The van der Waals surface area contributed by atoms with Gasteiger partial charge in [-0.3, -0.25) is 4.79 Å². The molecule has 5 nitrogen and oxygen atoms in total. The molecule has 0 fully saturated rings. The van der Waals surface area contributed by atoms with E-state index in [2.05, 4.69) is 17.2 Å². The molecule has 0 aromatic heterocycles. The summed E-state index contributed by atoms with van der Waals surface area (Å²) in [5.41, 5.74) is 1.39. The molecule has 0 saturated carbocycles. The van der Waals surface area contributed by atoms with Crippen LogP contribution in [0.1, 0.15) is 18.1 Å². The average molecular weight is 283 g/mol. The predicted molar refractivity (Wildman–Crippen MR) is 78.2 cm³/mol. The molecule has 0 atom stereocenters. The second-order valence-electron chi connectivity index (χ2n) is 4.37. The molecule has 0 heterocycles. The summed E-state index contributed by atoms with van der Waals surface area (Å²) < 4.78 is 0. The molecule has 0 aliphatic rings. The molecule has 0 spiro atoms. The molecule has 2 aromatic rings. The molecule has 1 amide bonds. The number of hydrogen-bond donors (Lipinski definition) is 4. The Morgan fingerprint density at radius 3 is 2.00 bits per heavy atom. The highest BCUT2D eigenvalue weighted by molar-refractivity contribution is 5.90. The maximum absolute atomic E-state index is 10.9. The monoisotopic (exact) mass is 283 g/mol. The molecule has 21 heavy (non-hydrogen) atoms. The third kappa shape index (κ3) is 3.67. The van der Waals surface area contributed by atoms with Gasteiger partial charge in [0.25, 0.3) is 0 Å². The quantitative estimate of drug-likeness (QED) is 0.477. The number of anilines is 1. The Hall–Kier alpha value is -3.13. The average Bonchev–Trinajstić information content (AvgIpc) is 2.42. The molecule has 106 valence electrons. The summed E-state index contributed by atoms with van der Waals surface area (Å²) in [7, 11) is 0. The number of rotatable bonds is 1. The molecule has 2 aromatic carbocycles. The minimum atomic E-state index is -0.274. The fourth-order valence-electron chi connectivity index (χ4n) is 1.65. The van der Waals surface area contributed by atoms with Gasteiger partial charge in [0.15, 0.2) is 11.5 Å². The van der Waals surface area contributed by atoms with E-state index in [4.69, 9.17) is 0 Å². The number of phenols is 3. The zero-order valence-electron chi connectivity index (χ0n) is 11.2. The summed E-state index contributed by atoms with van der Waals surface area (Å²) >= 11 is 0. The van der Waals surface area contributed by atoms with Crippen molar-refractivity contribution in [2.24, 2.45) is 0 Å². The lowest BCUT2D eigenvalue weighted by atomic mass is 10.1. The van der Waals surface area contributed by atoms with Crippen molar-refractivity contribution >= 4 is 11.6 Å². The number of carbonyl (C=O) groups excluding carboxylic acids is 1. The van der Waals surface area contributed by atoms with E-state index in [0.29, 0.717) is 16.8 Å². The summed E-state index contributed by atoms with van der Waals surface area (Å²) in [5, 5.41) is 30.8. The van der Waals surface area contributed by atoms with Crippen molar-refractivity contribution < 1.29 is 20.1 Å². The molecule has 0 aliphatic carbocycles. The molecule has 5 heteroatoms. The Kier molecular flexibility index (Phi) is 4.00. The Bertz CT molecular complexity index is 757. The zero-order chi connectivity index (χ0) is 15.4. The maximum atomic E-state index is 10.9. The van der Waals surface area contributed by atoms with Gasteiger partial charge < -0.3 is 20.6 Å². The summed E-state index contributed by atoms with van der Waals surface area (Å²) in [6, 6.07) is 8.88. The number of aromatic hydroxyl groups is 3. The van der Waals surface area contributed by atoms with Crippen molar-refractivity contribution in [2.75, 3.05) is 5.32 Å². The first-order valence-corrected chi connectivity index (χ1v) is 6.10. The lowest BCUT2D eigenvalue weighted by Crippen LogP contribution is -2.05. The molecule has 2 rings (SSSR count). The highest BCUT2D eigenvalue weighted by atomic mass is 16.3. The van der Waals surface area contributed by atoms with Crippen LogP contribution in [0.5, 0.6) is 17.2 Å². The van der Waals surface area contributed by atoms with Gasteiger partial charge in [-0.15, -0.1) is 0 Å². The third-order valence-corrected chi connectivity index (χ3v) is 2.64. The fourth-order valence-corrected chi connectivity index (χ4v) is 1.65. The van der Waals surface area contributed by atoms with Gasteiger partial charge in [-0.2, -0.15) is 0 Å². The van der Waals surface area contributed by atoms with Crippen molar-refractivity contribution in [1.82, 2.24) is 0 Å². The van der Waals surface area contributed by atoms with Gasteiger partial charge in [-0.1, -0.05) is 11.8 Å². The molecular formula is C16H13NO4. The van der Waals surface area contributed by atoms with E-state index >= 15 is 0 Å². The number of carbonyl (C=O) groups is 1. The topological polar surface area (TPSA) is 89.8 Å². The minimum absolute atomic E-state index is 0.0782. The van der Waals surface area contributed by atoms with E-state index < -0.39 is 0 Å². The first kappa shape index (κ1) is 14.3. The van der Waals surface area contributed by atoms with Gasteiger partial charge in [-0.25, -0.2) is 0 Å². The van der Waals surface area contributed by atoms with E-state index in [0.717, 1.165) is 0 Å². The zero-order valence-corrected chi connectivity index (χ0v) is 11.2. The summed E-state index contributed by atoms with van der Waals surface area (Å²) in [4.78, 5) is 10.9. The molecule has 0 radical (unpaired) electrons. The van der Waals surface area contributed by atoms with Crippen molar-refractivity contribution in [3.05, 3.63) is 47.5 Å². The Balaban J connectivity index is 2.24. The van der Waals surface area contributed by atoms with Crippen LogP contribution in [0.3, 0.4) is 0 Å². The normalized spacial score (nSPS) is 9.57. The smallest absolute Gasteiger partial charge is 0.221 e. The Morgan fingerprint density at radius 1 is 0.905 bits per heavy atom. The van der Waals surface area contributed by atoms with Crippen LogP contribution in [0.25, 0.3) is 0 Å². The Morgan fingerprint density at radius 2 is 1.48 bits per heavy atom. The molecular weight excluding hydrogens is 270 g/mol. The fraction of sp³-hybridized carbons (Fsp3) is 0.0625. The SMILES string of the molecule is CC(=O)Nc1ccc(C#Cc2ccc(O)c(O)c2)cc1O. The maximum Gasteiger partial charge on any atom is 0.221 e. The van der Waals surface area contributed by atoms with Crippen LogP contribution >= 0.6 is 0 Å². The number of nitrogens with one attached hydrogen (secondary N) is 1. The third-order valence-electron chi connectivity index (χ3n) is 2.64. The van der Waals surface area contributed by atoms with Crippen LogP contribution in [0.4, 0.5) is 5.69 Å². The molecule has 0 unspecified atom stereocenters. The molecule has 4 N–H and O–H groups in total. The van der Waals surface area contributed by atoms with Crippen LogP contribution in [-0.2, 0) is 4.79 Å². The molecule has 0 bridgehead atoms. The van der Waals surface area contributed by atoms with Gasteiger partial charge in [0.2, 0.25) is 5.91 Å². The van der Waals surface area contributed by atoms with E-state index in [1.54, 1.807) is 18.2 Å². The van der Waals surface area contributed by atoms with Gasteiger partial charge in [0.05, 0.1) is 5.69 Å². The largest absolute Gasteiger partial charge is 0.506 e. The van der Waals surface area contributed by atoms with Crippen molar-refractivity contribution in [3.63, 3.8) is 0 Å². The minimum Gasteiger partial charge on any atom is -0.506 e. The summed E-state index contributed by atoms with van der Waals surface area (Å²) in [5.74, 6) is 4.80. The Labute approximate surface area is 121 Å². The van der Waals surface area contributed by atoms with Crippen LogP contribution < -0.4 is 5.32 Å². The lowest BCUT2D eigenvalue weighted by Gasteiger charge is -2.04. The standard InChI is InChI=1S/C16H13NO4/c1-10(18)17-13-6-4-11(8-15(13)20)2-3-12-5-7-14(19)16(21)9-12/h4-9,19-21H,1H3,(H,17,18). The van der Waals surface area contributed by atoms with Gasteiger partial charge in [0.1, 0.15) is 5.75 Å². The van der Waals surface area contributed by atoms with E-state index in [1.807, 2.05) is 0 Å². The van der Waals surface area contributed by atoms with Crippen molar-refractivity contribution in [3.8, 4) is 29.1 Å². The lowest BCUT2D eigenvalue weighted by molar-refractivity contribution is -0.114. The highest BCUT2D eigenvalue weighted by Gasteiger charge is 2.03. The van der Waals surface area contributed by atoms with E-state index in [1.165, 1.54) is 25.1 Å². The first-order chi connectivity index (χ1) is 9.95. The molecule has 0 aliphatic heterocycles. The van der Waals surface area contributed by atoms with Gasteiger partial charge in [-0.05, 0) is 36.4 Å². The predicted octanol–water partition coefficient (Wildman–Crippen LogP) is 2.16. The second kappa shape index (κ2) is 5.88. The van der Waals surface area contributed by atoms with Crippen LogP contribution in [-0.4, -0.2) is 21.2 Å². The number of benzene rings is 2. The van der Waals surface area contributed by atoms with Crippen LogP contribution in [0.15, 0.2) is 36.4 Å². The van der Waals surface area contributed by atoms with E-state index in [-0.39, 0.29) is 23.2 Å². The second-order valence-corrected chi connectivity index (χ2v) is 4.37. The summed E-state index contributed by atoms with van der Waals surface area (Å²) in [6.07, 6.45) is 0. The first-order valence-electron chi connectivity index (χ1n) is 6.10.